The summed E-state index contributed by atoms with van der Waals surface area (Å²) in [7, 11) is 0. The lowest BCUT2D eigenvalue weighted by atomic mass is 9.95. The predicted octanol–water partition coefficient (Wildman–Crippen LogP) is 1.54. The largest absolute Gasteiger partial charge is 0.381 e. The van der Waals surface area contributed by atoms with Gasteiger partial charge >= 0.3 is 0 Å². The lowest BCUT2D eigenvalue weighted by molar-refractivity contribution is -0.149. The van der Waals surface area contributed by atoms with Gasteiger partial charge < -0.3 is 15.2 Å². The molecule has 2 amide bonds. The molecule has 2 aromatic rings. The summed E-state index contributed by atoms with van der Waals surface area (Å²) in [4.78, 5) is 26.5. The molecule has 186 valence electrons. The highest BCUT2D eigenvalue weighted by molar-refractivity contribution is 5.97. The molecule has 1 saturated heterocycles. The van der Waals surface area contributed by atoms with Crippen LogP contribution in [0.4, 0.5) is 8.78 Å². The zero-order valence-corrected chi connectivity index (χ0v) is 19.1. The zero-order valence-electron chi connectivity index (χ0n) is 19.1. The fourth-order valence-electron chi connectivity index (χ4n) is 3.44. The predicted molar refractivity (Wildman–Crippen MR) is 123 cm³/mol. The highest BCUT2D eigenvalue weighted by Crippen LogP contribution is 2.20. The van der Waals surface area contributed by atoms with Crippen LogP contribution in [0.3, 0.4) is 0 Å². The molecule has 1 aliphatic rings. The summed E-state index contributed by atoms with van der Waals surface area (Å²) >= 11 is 0. The molecule has 1 fully saturated rings. The molecular weight excluding hydrogens is 460 g/mol. The molecule has 4 N–H and O–H groups in total. The number of morpholine rings is 1. The topological polar surface area (TPSA) is 111 Å². The number of amides is 2. The first kappa shape index (κ1) is 26.2. The standard InChI is InChI=1S/C25H27F2N3O5/c1-25(33,24(26)27)21(23(32)29-34)28-22(31)20-10-8-18(9-11-20)3-2-17-4-6-19(7-5-17)16-30-12-14-35-15-13-30/h4-11,21,24,33-34H,12-16H2,1H3,(H,28,31)(H,29,32)/t21-,25?/m1/s1. The van der Waals surface area contributed by atoms with Crippen molar-refractivity contribution in [2.45, 2.75) is 31.5 Å². The van der Waals surface area contributed by atoms with Crippen LogP contribution < -0.4 is 10.8 Å². The Morgan fingerprint density at radius 3 is 2.11 bits per heavy atom. The number of halogens is 2. The first-order chi connectivity index (χ1) is 16.7. The van der Waals surface area contributed by atoms with Crippen LogP contribution in [0, 0.1) is 11.8 Å². The average molecular weight is 488 g/mol. The quantitative estimate of drug-likeness (QED) is 0.268. The normalized spacial score (nSPS) is 16.5. The third kappa shape index (κ3) is 7.07. The minimum absolute atomic E-state index is 0.0591. The summed E-state index contributed by atoms with van der Waals surface area (Å²) in [6, 6.07) is 11.8. The van der Waals surface area contributed by atoms with Gasteiger partial charge in [0.2, 0.25) is 0 Å². The van der Waals surface area contributed by atoms with Crippen molar-refractivity contribution in [2.24, 2.45) is 0 Å². The molecule has 0 spiro atoms. The third-order valence-corrected chi connectivity index (χ3v) is 5.64. The number of aliphatic hydroxyl groups is 1. The first-order valence-corrected chi connectivity index (χ1v) is 11.0. The molecule has 0 radical (unpaired) electrons. The maximum atomic E-state index is 13.1. The molecule has 0 bridgehead atoms. The second-order valence-corrected chi connectivity index (χ2v) is 8.32. The van der Waals surface area contributed by atoms with Gasteiger partial charge in [0, 0.05) is 36.3 Å². The number of carbonyl (C=O) groups is 2. The second-order valence-electron chi connectivity index (χ2n) is 8.32. The number of benzene rings is 2. The van der Waals surface area contributed by atoms with Gasteiger partial charge in [-0.15, -0.1) is 0 Å². The van der Waals surface area contributed by atoms with E-state index in [0.29, 0.717) is 12.5 Å². The number of alkyl halides is 2. The monoisotopic (exact) mass is 487 g/mol. The van der Waals surface area contributed by atoms with Crippen LogP contribution >= 0.6 is 0 Å². The van der Waals surface area contributed by atoms with Crippen molar-refractivity contribution in [1.82, 2.24) is 15.7 Å². The van der Waals surface area contributed by atoms with Crippen molar-refractivity contribution in [3.8, 4) is 11.8 Å². The Morgan fingerprint density at radius 1 is 1.06 bits per heavy atom. The van der Waals surface area contributed by atoms with Crippen molar-refractivity contribution >= 4 is 11.8 Å². The number of nitrogens with zero attached hydrogens (tertiary/aromatic N) is 1. The van der Waals surface area contributed by atoms with Crippen molar-refractivity contribution in [3.05, 3.63) is 70.8 Å². The van der Waals surface area contributed by atoms with Crippen LogP contribution in [0.2, 0.25) is 0 Å². The minimum atomic E-state index is -3.35. The molecular formula is C25H27F2N3O5. The molecule has 10 heteroatoms. The Labute approximate surface area is 201 Å². The van der Waals surface area contributed by atoms with Gasteiger partial charge in [0.1, 0.15) is 6.04 Å². The fourth-order valence-corrected chi connectivity index (χ4v) is 3.44. The fraction of sp³-hybridized carbons (Fsp3) is 0.360. The number of carbonyl (C=O) groups excluding carboxylic acids is 2. The van der Waals surface area contributed by atoms with Crippen LogP contribution in [0.1, 0.15) is 34.0 Å². The van der Waals surface area contributed by atoms with Gasteiger partial charge in [0.15, 0.2) is 5.60 Å². The molecule has 0 saturated carbocycles. The lowest BCUT2D eigenvalue weighted by Gasteiger charge is -2.30. The molecule has 2 atom stereocenters. The van der Waals surface area contributed by atoms with Gasteiger partial charge in [-0.05, 0) is 48.9 Å². The smallest absolute Gasteiger partial charge is 0.269 e. The summed E-state index contributed by atoms with van der Waals surface area (Å²) in [5.74, 6) is 3.78. The molecule has 0 aliphatic carbocycles. The second kappa shape index (κ2) is 11.9. The maximum absolute atomic E-state index is 13.1. The van der Waals surface area contributed by atoms with Gasteiger partial charge in [-0.25, -0.2) is 14.3 Å². The lowest BCUT2D eigenvalue weighted by Crippen LogP contribution is -2.61. The van der Waals surface area contributed by atoms with E-state index in [4.69, 9.17) is 9.94 Å². The van der Waals surface area contributed by atoms with Gasteiger partial charge in [0.05, 0.1) is 13.2 Å². The summed E-state index contributed by atoms with van der Waals surface area (Å²) in [6.07, 6.45) is -3.35. The molecule has 8 nitrogen and oxygen atoms in total. The number of hydroxylamine groups is 1. The molecule has 35 heavy (non-hydrogen) atoms. The summed E-state index contributed by atoms with van der Waals surface area (Å²) in [5.41, 5.74) is 0.962. The van der Waals surface area contributed by atoms with E-state index in [1.54, 1.807) is 12.1 Å². The minimum Gasteiger partial charge on any atom is -0.381 e. The molecule has 1 unspecified atom stereocenters. The number of rotatable bonds is 7. The molecule has 1 heterocycles. The third-order valence-electron chi connectivity index (χ3n) is 5.64. The van der Waals surface area contributed by atoms with Crippen molar-refractivity contribution in [2.75, 3.05) is 26.3 Å². The van der Waals surface area contributed by atoms with Crippen LogP contribution in [-0.2, 0) is 16.1 Å². The Hall–Kier alpha value is -3.36. The Morgan fingerprint density at radius 2 is 1.60 bits per heavy atom. The first-order valence-electron chi connectivity index (χ1n) is 11.0. The van der Waals surface area contributed by atoms with E-state index in [9.17, 15) is 23.5 Å². The van der Waals surface area contributed by atoms with Crippen molar-refractivity contribution in [1.29, 1.82) is 0 Å². The molecule has 1 aliphatic heterocycles. The Bertz CT molecular complexity index is 1070. The molecule has 2 aromatic carbocycles. The van der Waals surface area contributed by atoms with Crippen LogP contribution in [0.15, 0.2) is 48.5 Å². The van der Waals surface area contributed by atoms with E-state index in [1.165, 1.54) is 23.2 Å². The SMILES string of the molecule is CC(O)(C(F)F)[C@H](NC(=O)c1ccc(C#Cc2ccc(CN3CCOCC3)cc2)cc1)C(=O)NO. The summed E-state index contributed by atoms with van der Waals surface area (Å²) in [6.45, 7) is 4.87. The van der Waals surface area contributed by atoms with E-state index in [1.807, 2.05) is 29.6 Å². The number of ether oxygens (including phenoxy) is 1. The highest BCUT2D eigenvalue weighted by Gasteiger charge is 2.46. The van der Waals surface area contributed by atoms with E-state index < -0.39 is 29.9 Å². The zero-order chi connectivity index (χ0) is 25.4. The van der Waals surface area contributed by atoms with E-state index in [2.05, 4.69) is 16.7 Å². The van der Waals surface area contributed by atoms with Gasteiger partial charge in [-0.3, -0.25) is 19.7 Å². The Balaban J connectivity index is 1.62. The van der Waals surface area contributed by atoms with E-state index in [-0.39, 0.29) is 5.56 Å². The van der Waals surface area contributed by atoms with Crippen LogP contribution in [0.25, 0.3) is 0 Å². The number of hydrogen-bond donors (Lipinski definition) is 4. The van der Waals surface area contributed by atoms with Crippen molar-refractivity contribution < 1.29 is 33.4 Å². The highest BCUT2D eigenvalue weighted by atomic mass is 19.3. The van der Waals surface area contributed by atoms with Gasteiger partial charge in [-0.1, -0.05) is 24.0 Å². The maximum Gasteiger partial charge on any atom is 0.269 e. The van der Waals surface area contributed by atoms with E-state index >= 15 is 0 Å². The Kier molecular flexibility index (Phi) is 8.89. The van der Waals surface area contributed by atoms with E-state index in [0.717, 1.165) is 38.4 Å². The molecule has 0 aromatic heterocycles. The van der Waals surface area contributed by atoms with Crippen LogP contribution in [-0.4, -0.2) is 71.4 Å². The summed E-state index contributed by atoms with van der Waals surface area (Å²) in [5, 5.41) is 20.7. The number of nitrogens with one attached hydrogen (secondary N) is 2. The van der Waals surface area contributed by atoms with Gasteiger partial charge in [-0.2, -0.15) is 0 Å². The summed E-state index contributed by atoms with van der Waals surface area (Å²) < 4.78 is 31.6. The average Bonchev–Trinajstić information content (AvgIpc) is 2.87. The van der Waals surface area contributed by atoms with Crippen LogP contribution in [0.5, 0.6) is 0 Å². The van der Waals surface area contributed by atoms with Gasteiger partial charge in [0.25, 0.3) is 18.2 Å². The van der Waals surface area contributed by atoms with Crippen molar-refractivity contribution in [3.63, 3.8) is 0 Å². The number of hydrogen-bond acceptors (Lipinski definition) is 6. The molecule has 3 rings (SSSR count).